The van der Waals surface area contributed by atoms with E-state index < -0.39 is 0 Å². The molecule has 0 aliphatic carbocycles. The number of hydrogen-bond donors (Lipinski definition) is 0. The van der Waals surface area contributed by atoms with Crippen molar-refractivity contribution in [2.24, 2.45) is 0 Å². The number of hydrogen-bond acceptors (Lipinski definition) is 4. The lowest BCUT2D eigenvalue weighted by Gasteiger charge is -2.07. The maximum atomic E-state index is 5.98. The van der Waals surface area contributed by atoms with Gasteiger partial charge in [-0.25, -0.2) is 4.98 Å². The van der Waals surface area contributed by atoms with Crippen LogP contribution in [0.25, 0.3) is 10.2 Å². The van der Waals surface area contributed by atoms with Crippen LogP contribution in [0.3, 0.4) is 0 Å². The molecule has 0 saturated heterocycles. The van der Waals surface area contributed by atoms with Gasteiger partial charge in [-0.2, -0.15) is 4.98 Å². The molecule has 108 valence electrons. The zero-order valence-corrected chi connectivity index (χ0v) is 14.4. The lowest BCUT2D eigenvalue weighted by atomic mass is 10.2. The van der Waals surface area contributed by atoms with Gasteiger partial charge in [0.2, 0.25) is 11.2 Å². The van der Waals surface area contributed by atoms with Gasteiger partial charge in [0.25, 0.3) is 0 Å². The first-order chi connectivity index (χ1) is 10.2. The van der Waals surface area contributed by atoms with E-state index in [0.29, 0.717) is 12.5 Å². The molecule has 0 spiro atoms. The number of aromatic nitrogens is 2. The number of aryl methyl sites for hydroxylation is 1. The molecule has 3 rings (SSSR count). The van der Waals surface area contributed by atoms with Crippen molar-refractivity contribution in [1.29, 1.82) is 0 Å². The summed E-state index contributed by atoms with van der Waals surface area (Å²) in [5.74, 6) is 0.543. The number of halogens is 2. The van der Waals surface area contributed by atoms with Crippen LogP contribution in [0.5, 0.6) is 5.88 Å². The number of fused-ring (bicyclic) bond motifs is 1. The normalized spacial score (nSPS) is 11.0. The summed E-state index contributed by atoms with van der Waals surface area (Å²) in [6.45, 7) is 2.56. The van der Waals surface area contributed by atoms with Gasteiger partial charge in [0.15, 0.2) is 0 Å². The molecule has 0 unspecified atom stereocenters. The Balaban J connectivity index is 1.90. The fourth-order valence-electron chi connectivity index (χ4n) is 1.98. The van der Waals surface area contributed by atoms with Gasteiger partial charge in [0, 0.05) is 9.35 Å². The molecule has 3 aromatic rings. The van der Waals surface area contributed by atoms with Gasteiger partial charge < -0.3 is 4.74 Å². The van der Waals surface area contributed by atoms with Crippen molar-refractivity contribution in [3.63, 3.8) is 0 Å². The third-order valence-corrected chi connectivity index (χ3v) is 4.83. The fraction of sp³-hybridized carbons (Fsp3) is 0.200. The fourth-order valence-corrected chi connectivity index (χ4v) is 3.60. The van der Waals surface area contributed by atoms with Crippen molar-refractivity contribution >= 4 is 49.1 Å². The Morgan fingerprint density at radius 3 is 2.90 bits per heavy atom. The van der Waals surface area contributed by atoms with Crippen LogP contribution in [0.2, 0.25) is 5.28 Å². The van der Waals surface area contributed by atoms with E-state index in [2.05, 4.69) is 38.9 Å². The van der Waals surface area contributed by atoms with Crippen molar-refractivity contribution in [3.05, 3.63) is 50.5 Å². The Kier molecular flexibility index (Phi) is 4.42. The van der Waals surface area contributed by atoms with Crippen molar-refractivity contribution in [2.45, 2.75) is 20.0 Å². The molecule has 2 aromatic heterocycles. The largest absolute Gasteiger partial charge is 0.472 e. The average molecular weight is 384 g/mol. The summed E-state index contributed by atoms with van der Waals surface area (Å²) in [6.07, 6.45) is 0.962. The summed E-state index contributed by atoms with van der Waals surface area (Å²) in [5.41, 5.74) is 1.07. The quantitative estimate of drug-likeness (QED) is 0.577. The van der Waals surface area contributed by atoms with Crippen LogP contribution in [-0.4, -0.2) is 9.97 Å². The van der Waals surface area contributed by atoms with Gasteiger partial charge in [-0.15, -0.1) is 11.3 Å². The average Bonchev–Trinajstić information content (AvgIpc) is 2.87. The molecule has 1 aromatic carbocycles. The third-order valence-electron chi connectivity index (χ3n) is 2.99. The number of rotatable bonds is 4. The van der Waals surface area contributed by atoms with E-state index in [1.54, 1.807) is 11.3 Å². The Hall–Kier alpha value is -1.17. The predicted molar refractivity (Wildman–Crippen MR) is 90.3 cm³/mol. The number of ether oxygens (including phenoxy) is 1. The van der Waals surface area contributed by atoms with E-state index in [0.717, 1.165) is 26.7 Å². The summed E-state index contributed by atoms with van der Waals surface area (Å²) in [4.78, 5) is 10.6. The first-order valence-corrected chi connectivity index (χ1v) is 8.47. The molecule has 0 atom stereocenters. The molecular weight excluding hydrogens is 372 g/mol. The second kappa shape index (κ2) is 6.30. The summed E-state index contributed by atoms with van der Waals surface area (Å²) in [6, 6.07) is 10.1. The highest BCUT2D eigenvalue weighted by molar-refractivity contribution is 9.10. The van der Waals surface area contributed by atoms with Crippen LogP contribution in [0, 0.1) is 0 Å². The number of benzene rings is 1. The minimum atomic E-state index is 0.219. The van der Waals surface area contributed by atoms with Crippen LogP contribution < -0.4 is 4.74 Å². The second-order valence-corrected chi connectivity index (χ2v) is 6.87. The molecule has 3 nitrogen and oxygen atoms in total. The monoisotopic (exact) mass is 382 g/mol. The maximum Gasteiger partial charge on any atom is 0.227 e. The van der Waals surface area contributed by atoms with Crippen LogP contribution in [0.1, 0.15) is 17.4 Å². The van der Waals surface area contributed by atoms with Crippen LogP contribution in [-0.2, 0) is 13.0 Å². The van der Waals surface area contributed by atoms with E-state index in [4.69, 9.17) is 16.3 Å². The van der Waals surface area contributed by atoms with Gasteiger partial charge in [0.1, 0.15) is 11.4 Å². The smallest absolute Gasteiger partial charge is 0.227 e. The first kappa shape index (κ1) is 14.8. The zero-order valence-electron chi connectivity index (χ0n) is 11.3. The van der Waals surface area contributed by atoms with E-state index in [1.807, 2.05) is 24.3 Å². The minimum Gasteiger partial charge on any atom is -0.472 e. The third kappa shape index (κ3) is 3.36. The molecule has 2 heterocycles. The van der Waals surface area contributed by atoms with Crippen LogP contribution in [0.4, 0.5) is 0 Å². The Morgan fingerprint density at radius 1 is 1.29 bits per heavy atom. The molecule has 0 aliphatic rings. The molecule has 0 saturated carbocycles. The summed E-state index contributed by atoms with van der Waals surface area (Å²) in [7, 11) is 0. The highest BCUT2D eigenvalue weighted by Gasteiger charge is 2.12. The second-order valence-electron chi connectivity index (χ2n) is 4.50. The van der Waals surface area contributed by atoms with Gasteiger partial charge >= 0.3 is 0 Å². The van der Waals surface area contributed by atoms with Crippen molar-refractivity contribution in [1.82, 2.24) is 9.97 Å². The standard InChI is InChI=1S/C15H12BrClN2OS/c1-2-11-7-12-13(18-15(17)19-14(12)21-11)20-8-9-4-3-5-10(16)6-9/h3-7H,2,8H2,1H3. The molecule has 0 amide bonds. The number of nitrogens with zero attached hydrogens (tertiary/aromatic N) is 2. The van der Waals surface area contributed by atoms with Crippen LogP contribution >= 0.6 is 38.9 Å². The molecule has 0 fully saturated rings. The van der Waals surface area contributed by atoms with Gasteiger partial charge in [-0.1, -0.05) is 35.0 Å². The van der Waals surface area contributed by atoms with E-state index >= 15 is 0 Å². The summed E-state index contributed by atoms with van der Waals surface area (Å²) in [5, 5.41) is 1.15. The summed E-state index contributed by atoms with van der Waals surface area (Å²) >= 11 is 11.1. The van der Waals surface area contributed by atoms with Crippen molar-refractivity contribution in [2.75, 3.05) is 0 Å². The van der Waals surface area contributed by atoms with Crippen molar-refractivity contribution in [3.8, 4) is 5.88 Å². The molecule has 0 aliphatic heterocycles. The van der Waals surface area contributed by atoms with Gasteiger partial charge in [-0.05, 0) is 41.8 Å². The maximum absolute atomic E-state index is 5.98. The van der Waals surface area contributed by atoms with Gasteiger partial charge in [-0.3, -0.25) is 0 Å². The first-order valence-electron chi connectivity index (χ1n) is 6.49. The summed E-state index contributed by atoms with van der Waals surface area (Å²) < 4.78 is 6.88. The van der Waals surface area contributed by atoms with Crippen LogP contribution in [0.15, 0.2) is 34.8 Å². The lowest BCUT2D eigenvalue weighted by molar-refractivity contribution is 0.297. The molecule has 6 heteroatoms. The van der Waals surface area contributed by atoms with E-state index in [9.17, 15) is 0 Å². The molecule has 21 heavy (non-hydrogen) atoms. The minimum absolute atomic E-state index is 0.219. The number of thiophene rings is 1. The highest BCUT2D eigenvalue weighted by atomic mass is 79.9. The Morgan fingerprint density at radius 2 is 2.14 bits per heavy atom. The Bertz CT molecular complexity index is 790. The molecule has 0 bridgehead atoms. The van der Waals surface area contributed by atoms with Crippen molar-refractivity contribution < 1.29 is 4.74 Å². The van der Waals surface area contributed by atoms with E-state index in [1.165, 1.54) is 4.88 Å². The SMILES string of the molecule is CCc1cc2c(OCc3cccc(Br)c3)nc(Cl)nc2s1. The topological polar surface area (TPSA) is 35.0 Å². The Labute approximate surface area is 140 Å². The molecule has 0 N–H and O–H groups in total. The lowest BCUT2D eigenvalue weighted by Crippen LogP contribution is -1.98. The molecular formula is C15H12BrClN2OS. The molecule has 0 radical (unpaired) electrons. The predicted octanol–water partition coefficient (Wildman–Crippen LogP) is 5.25. The highest BCUT2D eigenvalue weighted by Crippen LogP contribution is 2.32. The van der Waals surface area contributed by atoms with Gasteiger partial charge in [0.05, 0.1) is 5.39 Å². The van der Waals surface area contributed by atoms with E-state index in [-0.39, 0.29) is 5.28 Å². The zero-order chi connectivity index (χ0) is 14.8.